The molecule has 0 bridgehead atoms. The third-order valence-electron chi connectivity index (χ3n) is 5.04. The van der Waals surface area contributed by atoms with Gasteiger partial charge in [-0.05, 0) is 36.1 Å². The molecule has 0 aliphatic carbocycles. The average Bonchev–Trinajstić information content (AvgIpc) is 3.40. The maximum Gasteiger partial charge on any atom is 0.276 e. The first kappa shape index (κ1) is 18.4. The van der Waals surface area contributed by atoms with Gasteiger partial charge in [0.15, 0.2) is 5.69 Å². The van der Waals surface area contributed by atoms with Gasteiger partial charge in [-0.2, -0.15) is 0 Å². The summed E-state index contributed by atoms with van der Waals surface area (Å²) in [5.41, 5.74) is 3.76. The summed E-state index contributed by atoms with van der Waals surface area (Å²) in [7, 11) is 0. The first-order valence-electron chi connectivity index (χ1n) is 9.64. The summed E-state index contributed by atoms with van der Waals surface area (Å²) in [6.07, 6.45) is 0.978. The van der Waals surface area contributed by atoms with E-state index in [0.717, 1.165) is 24.2 Å². The Labute approximate surface area is 164 Å². The van der Waals surface area contributed by atoms with Gasteiger partial charge in [-0.3, -0.25) is 4.79 Å². The zero-order chi connectivity index (χ0) is 19.3. The normalized spacial score (nSPS) is 16.2. The van der Waals surface area contributed by atoms with E-state index in [0.29, 0.717) is 37.1 Å². The number of aryl methyl sites for hydroxylation is 1. The highest BCUT2D eigenvalue weighted by atomic mass is 16.5. The summed E-state index contributed by atoms with van der Waals surface area (Å²) in [6.45, 7) is 4.44. The molecule has 1 unspecified atom stereocenters. The molecule has 2 heterocycles. The van der Waals surface area contributed by atoms with Gasteiger partial charge in [-0.25, -0.2) is 0 Å². The third kappa shape index (κ3) is 4.31. The van der Waals surface area contributed by atoms with Crippen LogP contribution in [-0.4, -0.2) is 35.7 Å². The monoisotopic (exact) mass is 376 g/mol. The van der Waals surface area contributed by atoms with Gasteiger partial charge >= 0.3 is 0 Å². The molecule has 0 spiro atoms. The predicted octanol–water partition coefficient (Wildman–Crippen LogP) is 4.33. The van der Waals surface area contributed by atoms with Crippen molar-refractivity contribution >= 4 is 5.91 Å². The van der Waals surface area contributed by atoms with Gasteiger partial charge in [-0.1, -0.05) is 53.7 Å². The largest absolute Gasteiger partial charge is 0.381 e. The second-order valence-corrected chi connectivity index (χ2v) is 7.30. The van der Waals surface area contributed by atoms with Crippen LogP contribution in [0.1, 0.15) is 28.2 Å². The van der Waals surface area contributed by atoms with Crippen LogP contribution < -0.4 is 0 Å². The van der Waals surface area contributed by atoms with Crippen molar-refractivity contribution in [1.82, 2.24) is 10.1 Å². The molecule has 1 aromatic heterocycles. The Morgan fingerprint density at radius 1 is 1.11 bits per heavy atom. The number of aromatic nitrogens is 1. The lowest BCUT2D eigenvalue weighted by Gasteiger charge is -2.25. The molecule has 0 N–H and O–H groups in total. The number of amides is 1. The molecule has 28 heavy (non-hydrogen) atoms. The van der Waals surface area contributed by atoms with Crippen LogP contribution in [0.2, 0.25) is 0 Å². The fraction of sp³-hybridized carbons (Fsp3) is 0.304. The first-order chi connectivity index (χ1) is 13.7. The number of ether oxygens (including phenoxy) is 1. The topological polar surface area (TPSA) is 55.6 Å². The molecule has 1 fully saturated rings. The highest BCUT2D eigenvalue weighted by molar-refractivity contribution is 5.92. The van der Waals surface area contributed by atoms with E-state index in [1.165, 1.54) is 5.56 Å². The Morgan fingerprint density at radius 3 is 2.64 bits per heavy atom. The van der Waals surface area contributed by atoms with E-state index >= 15 is 0 Å². The summed E-state index contributed by atoms with van der Waals surface area (Å²) < 4.78 is 10.6. The predicted molar refractivity (Wildman–Crippen MR) is 107 cm³/mol. The summed E-state index contributed by atoms with van der Waals surface area (Å²) in [5, 5.41) is 3.92. The second-order valence-electron chi connectivity index (χ2n) is 7.30. The van der Waals surface area contributed by atoms with Gasteiger partial charge in [-0.15, -0.1) is 0 Å². The smallest absolute Gasteiger partial charge is 0.276 e. The van der Waals surface area contributed by atoms with E-state index in [2.05, 4.69) is 35.5 Å². The van der Waals surface area contributed by atoms with Gasteiger partial charge < -0.3 is 14.2 Å². The van der Waals surface area contributed by atoms with Crippen LogP contribution in [0.5, 0.6) is 0 Å². The van der Waals surface area contributed by atoms with Gasteiger partial charge in [0.1, 0.15) is 5.76 Å². The molecule has 0 radical (unpaired) electrons. The molecular weight excluding hydrogens is 352 g/mol. The Kier molecular flexibility index (Phi) is 5.53. The van der Waals surface area contributed by atoms with Gasteiger partial charge in [0.05, 0.1) is 6.61 Å². The minimum Gasteiger partial charge on any atom is -0.381 e. The third-order valence-corrected chi connectivity index (χ3v) is 5.04. The van der Waals surface area contributed by atoms with E-state index in [1.54, 1.807) is 13.0 Å². The number of carbonyl (C=O) groups is 1. The molecule has 1 amide bonds. The molecule has 4 rings (SSSR count). The van der Waals surface area contributed by atoms with Crippen molar-refractivity contribution in [2.24, 2.45) is 5.92 Å². The van der Waals surface area contributed by atoms with Crippen molar-refractivity contribution in [3.8, 4) is 11.1 Å². The molecule has 1 saturated heterocycles. The summed E-state index contributed by atoms with van der Waals surface area (Å²) >= 11 is 0. The fourth-order valence-corrected chi connectivity index (χ4v) is 3.59. The highest BCUT2D eigenvalue weighted by Crippen LogP contribution is 2.22. The SMILES string of the molecule is Cc1cc(C(=O)N(Cc2cccc(-c3ccccc3)c2)CC2CCOC2)no1. The summed E-state index contributed by atoms with van der Waals surface area (Å²) in [6, 6.07) is 20.3. The van der Waals surface area contributed by atoms with E-state index < -0.39 is 0 Å². The minimum absolute atomic E-state index is 0.103. The van der Waals surface area contributed by atoms with Crippen molar-refractivity contribution < 1.29 is 14.1 Å². The minimum atomic E-state index is -0.103. The lowest BCUT2D eigenvalue weighted by molar-refractivity contribution is 0.0696. The first-order valence-corrected chi connectivity index (χ1v) is 9.64. The van der Waals surface area contributed by atoms with E-state index in [-0.39, 0.29) is 5.91 Å². The van der Waals surface area contributed by atoms with Crippen molar-refractivity contribution in [2.75, 3.05) is 19.8 Å². The van der Waals surface area contributed by atoms with Crippen LogP contribution in [0.3, 0.4) is 0 Å². The quantitative estimate of drug-likeness (QED) is 0.643. The average molecular weight is 376 g/mol. The van der Waals surface area contributed by atoms with Gasteiger partial charge in [0.2, 0.25) is 0 Å². The van der Waals surface area contributed by atoms with Gasteiger partial charge in [0.25, 0.3) is 5.91 Å². The van der Waals surface area contributed by atoms with E-state index in [9.17, 15) is 4.79 Å². The Balaban J connectivity index is 1.57. The van der Waals surface area contributed by atoms with Crippen molar-refractivity contribution in [3.63, 3.8) is 0 Å². The number of hydrogen-bond acceptors (Lipinski definition) is 4. The molecule has 1 aliphatic heterocycles. The maximum atomic E-state index is 13.1. The number of benzene rings is 2. The van der Waals surface area contributed by atoms with E-state index in [1.807, 2.05) is 29.2 Å². The van der Waals surface area contributed by atoms with E-state index in [4.69, 9.17) is 9.26 Å². The standard InChI is InChI=1S/C23H24N2O3/c1-17-12-22(24-28-17)23(26)25(15-19-10-11-27-16-19)14-18-6-5-9-21(13-18)20-7-3-2-4-8-20/h2-9,12-13,19H,10-11,14-16H2,1H3. The lowest BCUT2D eigenvalue weighted by Crippen LogP contribution is -2.35. The molecule has 5 nitrogen and oxygen atoms in total. The number of hydrogen-bond donors (Lipinski definition) is 0. The van der Waals surface area contributed by atoms with Crippen LogP contribution in [0.4, 0.5) is 0 Å². The molecule has 2 aromatic carbocycles. The van der Waals surface area contributed by atoms with Crippen LogP contribution >= 0.6 is 0 Å². The summed E-state index contributed by atoms with van der Waals surface area (Å²) in [5.74, 6) is 0.890. The number of carbonyl (C=O) groups excluding carboxylic acids is 1. The molecule has 1 atom stereocenters. The molecule has 3 aromatic rings. The second kappa shape index (κ2) is 8.40. The highest BCUT2D eigenvalue weighted by Gasteiger charge is 2.25. The Hall–Kier alpha value is -2.92. The molecular formula is C23H24N2O3. The Bertz CT molecular complexity index is 930. The fourth-order valence-electron chi connectivity index (χ4n) is 3.59. The van der Waals surface area contributed by atoms with Crippen LogP contribution in [-0.2, 0) is 11.3 Å². The van der Waals surface area contributed by atoms with Crippen molar-refractivity contribution in [3.05, 3.63) is 77.7 Å². The Morgan fingerprint density at radius 2 is 1.93 bits per heavy atom. The zero-order valence-corrected chi connectivity index (χ0v) is 16.0. The molecule has 5 heteroatoms. The number of rotatable bonds is 6. The van der Waals surface area contributed by atoms with Crippen LogP contribution in [0, 0.1) is 12.8 Å². The molecule has 144 valence electrons. The zero-order valence-electron chi connectivity index (χ0n) is 16.0. The van der Waals surface area contributed by atoms with Gasteiger partial charge in [0, 0.05) is 31.7 Å². The van der Waals surface area contributed by atoms with Crippen LogP contribution in [0.25, 0.3) is 11.1 Å². The lowest BCUT2D eigenvalue weighted by atomic mass is 10.0. The molecule has 0 saturated carbocycles. The maximum absolute atomic E-state index is 13.1. The number of nitrogens with zero attached hydrogens (tertiary/aromatic N) is 2. The van der Waals surface area contributed by atoms with Crippen molar-refractivity contribution in [1.29, 1.82) is 0 Å². The summed E-state index contributed by atoms with van der Waals surface area (Å²) in [4.78, 5) is 14.9. The van der Waals surface area contributed by atoms with Crippen LogP contribution in [0.15, 0.2) is 65.2 Å². The van der Waals surface area contributed by atoms with Crippen molar-refractivity contribution in [2.45, 2.75) is 19.9 Å². The molecule has 1 aliphatic rings.